The van der Waals surface area contributed by atoms with Gasteiger partial charge in [-0.1, -0.05) is 23.7 Å². The molecule has 0 fully saturated rings. The van der Waals surface area contributed by atoms with Gasteiger partial charge in [-0.05, 0) is 30.7 Å². The lowest BCUT2D eigenvalue weighted by molar-refractivity contribution is -0.112. The van der Waals surface area contributed by atoms with Crippen LogP contribution >= 0.6 is 11.6 Å². The van der Waals surface area contributed by atoms with Crippen LogP contribution in [0.3, 0.4) is 0 Å². The fraction of sp³-hybridized carbons (Fsp3) is 0.0909. The van der Waals surface area contributed by atoms with E-state index in [1.807, 2.05) is 12.1 Å². The molecule has 66 valence electrons. The second-order valence-corrected chi connectivity index (χ2v) is 3.05. The summed E-state index contributed by atoms with van der Waals surface area (Å²) in [5.41, 5.74) is 3.75. The van der Waals surface area contributed by atoms with Gasteiger partial charge in [-0.2, -0.15) is 0 Å². The molecule has 0 radical (unpaired) electrons. The maximum Gasteiger partial charge on any atom is 0.160 e. The number of benzene rings is 1. The summed E-state index contributed by atoms with van der Waals surface area (Å²) < 4.78 is 0. The van der Waals surface area contributed by atoms with Crippen LogP contribution in [0, 0.1) is 0 Å². The summed E-state index contributed by atoms with van der Waals surface area (Å²) in [6, 6.07) is 7.32. The highest BCUT2D eigenvalue weighted by atomic mass is 35.5. The van der Waals surface area contributed by atoms with Crippen LogP contribution in [-0.4, -0.2) is 5.78 Å². The van der Waals surface area contributed by atoms with E-state index in [0.717, 1.165) is 5.56 Å². The Morgan fingerprint density at radius 2 is 2.00 bits per heavy atom. The molecule has 2 heteroatoms. The van der Waals surface area contributed by atoms with E-state index in [-0.39, 0.29) is 5.78 Å². The topological polar surface area (TPSA) is 17.1 Å². The van der Waals surface area contributed by atoms with Gasteiger partial charge in [0.1, 0.15) is 0 Å². The van der Waals surface area contributed by atoms with E-state index in [1.54, 1.807) is 18.2 Å². The zero-order valence-electron chi connectivity index (χ0n) is 7.25. The number of hydrogen-bond acceptors (Lipinski definition) is 1. The standard InChI is InChI=1S/C11H9ClO/c1-9(13)3-2-4-10-5-7-11(12)8-6-10/h3-8H,1H3. The van der Waals surface area contributed by atoms with Crippen molar-refractivity contribution >= 4 is 23.5 Å². The van der Waals surface area contributed by atoms with Crippen LogP contribution in [0.1, 0.15) is 12.5 Å². The maximum atomic E-state index is 10.5. The monoisotopic (exact) mass is 192 g/mol. The molecule has 13 heavy (non-hydrogen) atoms. The Morgan fingerprint density at radius 1 is 1.38 bits per heavy atom. The smallest absolute Gasteiger partial charge is 0.160 e. The van der Waals surface area contributed by atoms with Crippen LogP contribution in [0.4, 0.5) is 0 Å². The summed E-state index contributed by atoms with van der Waals surface area (Å²) in [5, 5.41) is 0.702. The van der Waals surface area contributed by atoms with Gasteiger partial charge in [-0.25, -0.2) is 0 Å². The average molecular weight is 193 g/mol. The summed E-state index contributed by atoms with van der Waals surface area (Å²) in [6.45, 7) is 1.49. The predicted octanol–water partition coefficient (Wildman–Crippen LogP) is 3.10. The van der Waals surface area contributed by atoms with Gasteiger partial charge in [-0.3, -0.25) is 4.79 Å². The highest BCUT2D eigenvalue weighted by molar-refractivity contribution is 6.30. The van der Waals surface area contributed by atoms with E-state index in [0.29, 0.717) is 5.02 Å². The largest absolute Gasteiger partial charge is 0.294 e. The van der Waals surface area contributed by atoms with Crippen LogP contribution in [0.2, 0.25) is 5.02 Å². The van der Waals surface area contributed by atoms with E-state index in [2.05, 4.69) is 5.73 Å². The predicted molar refractivity (Wildman–Crippen MR) is 54.7 cm³/mol. The molecule has 1 aromatic rings. The molecule has 0 aliphatic carbocycles. The van der Waals surface area contributed by atoms with Gasteiger partial charge < -0.3 is 0 Å². The van der Waals surface area contributed by atoms with E-state index in [4.69, 9.17) is 11.6 Å². The summed E-state index contributed by atoms with van der Waals surface area (Å²) in [5.74, 6) is -0.00906. The van der Waals surface area contributed by atoms with Gasteiger partial charge in [0.25, 0.3) is 0 Å². The second-order valence-electron chi connectivity index (χ2n) is 2.62. The number of carbonyl (C=O) groups excluding carboxylic acids is 1. The van der Waals surface area contributed by atoms with Crippen molar-refractivity contribution in [1.82, 2.24) is 0 Å². The van der Waals surface area contributed by atoms with Crippen molar-refractivity contribution in [3.63, 3.8) is 0 Å². The van der Waals surface area contributed by atoms with Gasteiger partial charge in [0.15, 0.2) is 5.78 Å². The number of rotatable bonds is 2. The molecule has 1 rings (SSSR count). The minimum atomic E-state index is -0.00906. The molecule has 0 saturated carbocycles. The lowest BCUT2D eigenvalue weighted by Gasteiger charge is -1.90. The highest BCUT2D eigenvalue weighted by Gasteiger charge is 1.86. The molecule has 0 aliphatic heterocycles. The molecular formula is C11H9ClO. The first-order chi connectivity index (χ1) is 6.18. The SMILES string of the molecule is CC(=O)C=C=Cc1ccc(Cl)cc1. The third kappa shape index (κ3) is 3.75. The van der Waals surface area contributed by atoms with Crippen molar-refractivity contribution in [3.05, 3.63) is 46.7 Å². The zero-order valence-corrected chi connectivity index (χ0v) is 8.01. The molecule has 1 aromatic carbocycles. The van der Waals surface area contributed by atoms with Crippen molar-refractivity contribution in [3.8, 4) is 0 Å². The van der Waals surface area contributed by atoms with Crippen molar-refractivity contribution in [2.75, 3.05) is 0 Å². The molecule has 1 nitrogen and oxygen atoms in total. The number of carbonyl (C=O) groups is 1. The van der Waals surface area contributed by atoms with Crippen LogP contribution in [0.15, 0.2) is 36.1 Å². The summed E-state index contributed by atoms with van der Waals surface area (Å²) in [7, 11) is 0. The minimum Gasteiger partial charge on any atom is -0.294 e. The number of ketones is 1. The Balaban J connectivity index is 2.81. The minimum absolute atomic E-state index is 0.00906. The molecule has 0 aromatic heterocycles. The Bertz CT molecular complexity index is 356. The van der Waals surface area contributed by atoms with Gasteiger partial charge >= 0.3 is 0 Å². The average Bonchev–Trinajstić information content (AvgIpc) is 2.08. The molecule has 0 N–H and O–H groups in total. The Morgan fingerprint density at radius 3 is 2.54 bits per heavy atom. The lowest BCUT2D eigenvalue weighted by Crippen LogP contribution is -1.76. The number of hydrogen-bond donors (Lipinski definition) is 0. The maximum absolute atomic E-state index is 10.5. The molecule has 0 heterocycles. The zero-order chi connectivity index (χ0) is 9.68. The van der Waals surface area contributed by atoms with Crippen molar-refractivity contribution in [1.29, 1.82) is 0 Å². The van der Waals surface area contributed by atoms with Crippen molar-refractivity contribution in [2.24, 2.45) is 0 Å². The highest BCUT2D eigenvalue weighted by Crippen LogP contribution is 2.09. The molecule has 0 aliphatic rings. The molecule has 0 spiro atoms. The van der Waals surface area contributed by atoms with E-state index >= 15 is 0 Å². The lowest BCUT2D eigenvalue weighted by atomic mass is 10.2. The van der Waals surface area contributed by atoms with E-state index in [9.17, 15) is 4.79 Å². The second kappa shape index (κ2) is 4.66. The summed E-state index contributed by atoms with van der Waals surface area (Å²) in [6.07, 6.45) is 3.13. The number of halogens is 1. The normalized spacial score (nSPS) is 8.77. The third-order valence-electron chi connectivity index (χ3n) is 1.41. The van der Waals surface area contributed by atoms with Gasteiger partial charge in [0.05, 0.1) is 0 Å². The quantitative estimate of drug-likeness (QED) is 0.520. The van der Waals surface area contributed by atoms with Crippen LogP contribution in [-0.2, 0) is 4.79 Å². The Kier molecular flexibility index (Phi) is 3.51. The van der Waals surface area contributed by atoms with Crippen molar-refractivity contribution in [2.45, 2.75) is 6.92 Å². The fourth-order valence-corrected chi connectivity index (χ4v) is 0.940. The molecule has 0 amide bonds. The first-order valence-corrected chi connectivity index (χ1v) is 4.25. The molecule has 0 saturated heterocycles. The van der Waals surface area contributed by atoms with Gasteiger partial charge in [0, 0.05) is 11.1 Å². The van der Waals surface area contributed by atoms with Crippen LogP contribution in [0.5, 0.6) is 0 Å². The van der Waals surface area contributed by atoms with E-state index < -0.39 is 0 Å². The summed E-state index contributed by atoms with van der Waals surface area (Å²) >= 11 is 5.70. The molecule has 0 unspecified atom stereocenters. The van der Waals surface area contributed by atoms with Gasteiger partial charge in [0.2, 0.25) is 0 Å². The summed E-state index contributed by atoms with van der Waals surface area (Å²) in [4.78, 5) is 10.5. The Hall–Kier alpha value is -1.30. The van der Waals surface area contributed by atoms with Crippen molar-refractivity contribution < 1.29 is 4.79 Å². The number of allylic oxidation sites excluding steroid dienone is 1. The fourth-order valence-electron chi connectivity index (χ4n) is 0.814. The third-order valence-corrected chi connectivity index (χ3v) is 1.66. The molecule has 0 atom stereocenters. The Labute approximate surface area is 82.3 Å². The van der Waals surface area contributed by atoms with Crippen LogP contribution in [0.25, 0.3) is 6.08 Å². The molecular weight excluding hydrogens is 184 g/mol. The molecule has 0 bridgehead atoms. The van der Waals surface area contributed by atoms with Gasteiger partial charge in [-0.15, -0.1) is 5.73 Å². The first kappa shape index (κ1) is 9.79. The van der Waals surface area contributed by atoms with E-state index in [1.165, 1.54) is 13.0 Å². The van der Waals surface area contributed by atoms with Crippen LogP contribution < -0.4 is 0 Å². The first-order valence-electron chi connectivity index (χ1n) is 3.87.